The van der Waals surface area contributed by atoms with Crippen LogP contribution in [-0.2, 0) is 0 Å². The van der Waals surface area contributed by atoms with Crippen LogP contribution in [0.25, 0.3) is 0 Å². The van der Waals surface area contributed by atoms with Crippen LogP contribution in [0.2, 0.25) is 0 Å². The summed E-state index contributed by atoms with van der Waals surface area (Å²) >= 11 is 0. The highest BCUT2D eigenvalue weighted by Crippen LogP contribution is 2.29. The topological polar surface area (TPSA) is 54.0 Å². The van der Waals surface area contributed by atoms with Crippen molar-refractivity contribution >= 4 is 5.91 Å². The molecule has 0 spiro atoms. The van der Waals surface area contributed by atoms with Gasteiger partial charge in [-0.15, -0.1) is 0 Å². The van der Waals surface area contributed by atoms with Crippen LogP contribution >= 0.6 is 0 Å². The second-order valence-corrected chi connectivity index (χ2v) is 6.39. The molecule has 1 aliphatic rings. The third kappa shape index (κ3) is 3.37. The Labute approximate surface area is 121 Å². The van der Waals surface area contributed by atoms with Gasteiger partial charge in [0.2, 0.25) is 0 Å². The molecule has 1 fully saturated rings. The van der Waals surface area contributed by atoms with Gasteiger partial charge in [0, 0.05) is 18.3 Å². The van der Waals surface area contributed by atoms with Crippen molar-refractivity contribution < 1.29 is 4.79 Å². The number of hydrogen-bond acceptors (Lipinski definition) is 3. The largest absolute Gasteiger partial charge is 0.350 e. The molecule has 1 aromatic rings. The van der Waals surface area contributed by atoms with Crippen LogP contribution in [0.4, 0.5) is 0 Å². The lowest BCUT2D eigenvalue weighted by Crippen LogP contribution is -2.52. The zero-order chi connectivity index (χ0) is 14.8. The lowest BCUT2D eigenvalue weighted by atomic mass is 9.77. The van der Waals surface area contributed by atoms with Crippen LogP contribution in [0.1, 0.15) is 48.4 Å². The Kier molecular flexibility index (Phi) is 4.43. The maximum absolute atomic E-state index is 12.3. The summed E-state index contributed by atoms with van der Waals surface area (Å²) in [5, 5.41) is 6.55. The second-order valence-electron chi connectivity index (χ2n) is 6.39. The number of rotatable bonds is 3. The summed E-state index contributed by atoms with van der Waals surface area (Å²) in [5.74, 6) is -0.0295. The van der Waals surface area contributed by atoms with E-state index < -0.39 is 0 Å². The average molecular weight is 275 g/mol. The van der Waals surface area contributed by atoms with Crippen molar-refractivity contribution in [2.24, 2.45) is 5.41 Å². The number of nitrogens with one attached hydrogen (secondary N) is 2. The van der Waals surface area contributed by atoms with Gasteiger partial charge in [0.05, 0.1) is 11.3 Å². The van der Waals surface area contributed by atoms with Crippen molar-refractivity contribution in [2.45, 2.75) is 46.6 Å². The molecule has 2 rings (SSSR count). The third-order valence-corrected chi connectivity index (χ3v) is 4.27. The number of amides is 1. The number of carbonyl (C=O) groups is 1. The Hall–Kier alpha value is -1.42. The van der Waals surface area contributed by atoms with Gasteiger partial charge in [-0.1, -0.05) is 13.8 Å². The first-order valence-electron chi connectivity index (χ1n) is 7.36. The molecule has 0 radical (unpaired) electrons. The molecule has 0 saturated carbocycles. The molecule has 0 aliphatic carbocycles. The van der Waals surface area contributed by atoms with Crippen molar-refractivity contribution in [3.8, 4) is 0 Å². The maximum atomic E-state index is 12.3. The number of piperidine rings is 1. The normalized spacial score (nSPS) is 21.5. The Bertz CT molecular complexity index is 496. The summed E-state index contributed by atoms with van der Waals surface area (Å²) in [4.78, 5) is 16.6. The van der Waals surface area contributed by atoms with E-state index in [2.05, 4.69) is 29.5 Å². The number of hydrogen-bond donors (Lipinski definition) is 2. The van der Waals surface area contributed by atoms with Crippen molar-refractivity contribution in [3.63, 3.8) is 0 Å². The average Bonchev–Trinajstić information content (AvgIpc) is 2.36. The maximum Gasteiger partial charge on any atom is 0.253 e. The molecule has 1 atom stereocenters. The molecule has 0 aromatic carbocycles. The van der Waals surface area contributed by atoms with Crippen LogP contribution in [0.3, 0.4) is 0 Å². The van der Waals surface area contributed by atoms with Gasteiger partial charge in [-0.25, -0.2) is 0 Å². The predicted octanol–water partition coefficient (Wildman–Crippen LogP) is 2.21. The Morgan fingerprint density at radius 2 is 2.20 bits per heavy atom. The minimum atomic E-state index is -0.0295. The first-order chi connectivity index (χ1) is 9.40. The van der Waals surface area contributed by atoms with Gasteiger partial charge in [0.15, 0.2) is 0 Å². The monoisotopic (exact) mass is 275 g/mol. The summed E-state index contributed by atoms with van der Waals surface area (Å²) in [6.45, 7) is 10.0. The molecule has 1 aromatic heterocycles. The molecule has 0 bridgehead atoms. The molecule has 4 nitrogen and oxygen atoms in total. The third-order valence-electron chi connectivity index (χ3n) is 4.27. The Morgan fingerprint density at radius 1 is 1.45 bits per heavy atom. The van der Waals surface area contributed by atoms with Crippen molar-refractivity contribution in [2.75, 3.05) is 13.1 Å². The molecule has 1 saturated heterocycles. The lowest BCUT2D eigenvalue weighted by molar-refractivity contribution is 0.0928. The highest BCUT2D eigenvalue weighted by molar-refractivity contribution is 5.95. The van der Waals surface area contributed by atoms with Gasteiger partial charge in [0.1, 0.15) is 0 Å². The zero-order valence-corrected chi connectivity index (χ0v) is 12.9. The van der Waals surface area contributed by atoms with Gasteiger partial charge in [-0.3, -0.25) is 9.78 Å². The molecule has 1 aliphatic heterocycles. The number of aryl methyl sites for hydroxylation is 2. The summed E-state index contributed by atoms with van der Waals surface area (Å²) in [6.07, 6.45) is 2.41. The van der Waals surface area contributed by atoms with E-state index in [1.807, 2.05) is 26.0 Å². The molecule has 2 N–H and O–H groups in total. The van der Waals surface area contributed by atoms with E-state index in [1.54, 1.807) is 0 Å². The van der Waals surface area contributed by atoms with Crippen molar-refractivity contribution in [1.29, 1.82) is 0 Å². The summed E-state index contributed by atoms with van der Waals surface area (Å²) in [7, 11) is 0. The SMILES string of the molecule is Cc1ccc(C(=O)NCC2NCCCC2(C)C)c(C)n1. The second kappa shape index (κ2) is 5.92. The smallest absolute Gasteiger partial charge is 0.253 e. The van der Waals surface area contributed by atoms with E-state index in [0.29, 0.717) is 18.2 Å². The quantitative estimate of drug-likeness (QED) is 0.889. The van der Waals surface area contributed by atoms with E-state index in [1.165, 1.54) is 12.8 Å². The fourth-order valence-electron chi connectivity index (χ4n) is 2.84. The molecule has 1 amide bonds. The van der Waals surface area contributed by atoms with Gasteiger partial charge in [-0.05, 0) is 50.8 Å². The van der Waals surface area contributed by atoms with E-state index in [4.69, 9.17) is 0 Å². The zero-order valence-electron chi connectivity index (χ0n) is 12.9. The first kappa shape index (κ1) is 15.0. The predicted molar refractivity (Wildman–Crippen MR) is 80.8 cm³/mol. The van der Waals surface area contributed by atoms with Gasteiger partial charge < -0.3 is 10.6 Å². The molecular weight excluding hydrogens is 250 g/mol. The minimum absolute atomic E-state index is 0.0295. The van der Waals surface area contributed by atoms with Gasteiger partial charge >= 0.3 is 0 Å². The van der Waals surface area contributed by atoms with Gasteiger partial charge in [-0.2, -0.15) is 0 Å². The van der Waals surface area contributed by atoms with Crippen LogP contribution in [-0.4, -0.2) is 30.0 Å². The summed E-state index contributed by atoms with van der Waals surface area (Å²) in [6, 6.07) is 4.07. The van der Waals surface area contributed by atoms with Crippen LogP contribution in [0, 0.1) is 19.3 Å². The van der Waals surface area contributed by atoms with Gasteiger partial charge in [0.25, 0.3) is 5.91 Å². The number of pyridine rings is 1. The van der Waals surface area contributed by atoms with Crippen LogP contribution in [0.15, 0.2) is 12.1 Å². The number of aromatic nitrogens is 1. The van der Waals surface area contributed by atoms with Crippen molar-refractivity contribution in [1.82, 2.24) is 15.6 Å². The minimum Gasteiger partial charge on any atom is -0.350 e. The van der Waals surface area contributed by atoms with E-state index >= 15 is 0 Å². The highest BCUT2D eigenvalue weighted by Gasteiger charge is 2.32. The van der Waals surface area contributed by atoms with Crippen LogP contribution < -0.4 is 10.6 Å². The fourth-order valence-corrected chi connectivity index (χ4v) is 2.84. The molecule has 2 heterocycles. The fraction of sp³-hybridized carbons (Fsp3) is 0.625. The number of nitrogens with zero attached hydrogens (tertiary/aromatic N) is 1. The van der Waals surface area contributed by atoms with E-state index in [9.17, 15) is 4.79 Å². The first-order valence-corrected chi connectivity index (χ1v) is 7.36. The molecule has 1 unspecified atom stereocenters. The summed E-state index contributed by atoms with van der Waals surface area (Å²) < 4.78 is 0. The standard InChI is InChI=1S/C16H25N3O/c1-11-6-7-13(12(2)19-11)15(20)18-10-14-16(3,4)8-5-9-17-14/h6-7,14,17H,5,8-10H2,1-4H3,(H,18,20). The lowest BCUT2D eigenvalue weighted by Gasteiger charge is -2.39. The Balaban J connectivity index is 1.98. The van der Waals surface area contributed by atoms with Crippen LogP contribution in [0.5, 0.6) is 0 Å². The van der Waals surface area contributed by atoms with E-state index in [-0.39, 0.29) is 11.3 Å². The number of carbonyl (C=O) groups excluding carboxylic acids is 1. The van der Waals surface area contributed by atoms with E-state index in [0.717, 1.165) is 17.9 Å². The Morgan fingerprint density at radius 3 is 2.85 bits per heavy atom. The molecular formula is C16H25N3O. The van der Waals surface area contributed by atoms with Crippen molar-refractivity contribution in [3.05, 3.63) is 29.1 Å². The molecule has 110 valence electrons. The highest BCUT2D eigenvalue weighted by atomic mass is 16.1. The molecule has 4 heteroatoms. The summed E-state index contributed by atoms with van der Waals surface area (Å²) in [5.41, 5.74) is 2.63. The molecule has 20 heavy (non-hydrogen) atoms.